The van der Waals surface area contributed by atoms with Crippen LogP contribution in [0.25, 0.3) is 16.8 Å². The number of amides is 2. The quantitative estimate of drug-likeness (QED) is 0.404. The van der Waals surface area contributed by atoms with Gasteiger partial charge in [0.15, 0.2) is 0 Å². The van der Waals surface area contributed by atoms with Gasteiger partial charge in [-0.25, -0.2) is 9.78 Å². The standard InChI is InChI=1S/C30H32N4O3/c1-4-19(5-2)20-11-13-21(14-12-20)25-18-31-28(32-25)27-23-15-16-24(17-23)34(27)29(35)26(33-30(36)37-3)22-9-7-6-8-10-22/h4-14,18,23-24,26-27H,1,15-17H2,2-3H3,(H,31,32)(H,33,36). The number of rotatable bonds is 7. The molecule has 7 nitrogen and oxygen atoms in total. The number of H-pyrrole nitrogens is 1. The minimum atomic E-state index is -0.830. The summed E-state index contributed by atoms with van der Waals surface area (Å²) < 4.78 is 4.83. The molecule has 2 amide bonds. The minimum absolute atomic E-state index is 0.124. The third-order valence-electron chi connectivity index (χ3n) is 7.60. The predicted octanol–water partition coefficient (Wildman–Crippen LogP) is 5.82. The van der Waals surface area contributed by atoms with Crippen LogP contribution in [0.3, 0.4) is 0 Å². The van der Waals surface area contributed by atoms with Gasteiger partial charge in [-0.05, 0) is 54.4 Å². The van der Waals surface area contributed by atoms with Gasteiger partial charge in [0, 0.05) is 6.04 Å². The third-order valence-corrected chi connectivity index (χ3v) is 7.60. The van der Waals surface area contributed by atoms with Crippen LogP contribution in [0.15, 0.2) is 79.5 Å². The molecule has 2 heterocycles. The van der Waals surface area contributed by atoms with Crippen LogP contribution in [-0.2, 0) is 9.53 Å². The zero-order valence-corrected chi connectivity index (χ0v) is 21.2. The number of hydrogen-bond acceptors (Lipinski definition) is 4. The number of nitrogens with zero attached hydrogens (tertiary/aromatic N) is 2. The highest BCUT2D eigenvalue weighted by molar-refractivity contribution is 5.88. The number of allylic oxidation sites excluding steroid dienone is 3. The van der Waals surface area contributed by atoms with E-state index in [4.69, 9.17) is 9.72 Å². The monoisotopic (exact) mass is 496 g/mol. The van der Waals surface area contributed by atoms with E-state index in [1.54, 1.807) is 0 Å². The zero-order chi connectivity index (χ0) is 25.9. The van der Waals surface area contributed by atoms with Gasteiger partial charge >= 0.3 is 6.09 Å². The van der Waals surface area contributed by atoms with Crippen molar-refractivity contribution in [2.75, 3.05) is 7.11 Å². The van der Waals surface area contributed by atoms with E-state index in [1.165, 1.54) is 7.11 Å². The number of benzene rings is 2. The van der Waals surface area contributed by atoms with E-state index < -0.39 is 12.1 Å². The number of hydrogen-bond donors (Lipinski definition) is 2. The summed E-state index contributed by atoms with van der Waals surface area (Å²) in [5, 5.41) is 2.75. The number of ether oxygens (including phenoxy) is 1. The second-order valence-corrected chi connectivity index (χ2v) is 9.60. The number of likely N-dealkylation sites (tertiary alicyclic amines) is 1. The first-order chi connectivity index (χ1) is 18.0. The summed E-state index contributed by atoms with van der Waals surface area (Å²) in [6, 6.07) is 16.7. The van der Waals surface area contributed by atoms with E-state index in [-0.39, 0.29) is 18.0 Å². The number of aromatic nitrogens is 2. The smallest absolute Gasteiger partial charge is 0.407 e. The fourth-order valence-corrected chi connectivity index (χ4v) is 5.79. The average molecular weight is 497 g/mol. The Kier molecular flexibility index (Phi) is 6.95. The molecule has 0 radical (unpaired) electrons. The summed E-state index contributed by atoms with van der Waals surface area (Å²) in [5.74, 6) is 0.971. The summed E-state index contributed by atoms with van der Waals surface area (Å²) >= 11 is 0. The normalized spacial score (nSPS) is 21.5. The van der Waals surface area contributed by atoms with Gasteiger partial charge in [0.05, 0.1) is 25.0 Å². The first-order valence-corrected chi connectivity index (χ1v) is 12.7. The van der Waals surface area contributed by atoms with Crippen molar-refractivity contribution >= 4 is 17.6 Å². The largest absolute Gasteiger partial charge is 0.453 e. The molecule has 5 rings (SSSR count). The number of alkyl carbamates (subject to hydrolysis) is 1. The number of piperidine rings is 1. The molecule has 1 saturated carbocycles. The maximum Gasteiger partial charge on any atom is 0.407 e. The van der Waals surface area contributed by atoms with Gasteiger partial charge in [-0.15, -0.1) is 0 Å². The lowest BCUT2D eigenvalue weighted by Gasteiger charge is -2.36. The summed E-state index contributed by atoms with van der Waals surface area (Å²) in [4.78, 5) is 36.3. The Morgan fingerprint density at radius 2 is 1.92 bits per heavy atom. The number of carbonyl (C=O) groups excluding carboxylic acids is 2. The molecule has 4 unspecified atom stereocenters. The molecule has 37 heavy (non-hydrogen) atoms. The molecule has 3 aromatic rings. The summed E-state index contributed by atoms with van der Waals surface area (Å²) in [7, 11) is 1.30. The highest BCUT2D eigenvalue weighted by Gasteiger charge is 2.51. The minimum Gasteiger partial charge on any atom is -0.453 e. The van der Waals surface area contributed by atoms with Crippen LogP contribution in [0, 0.1) is 5.92 Å². The van der Waals surface area contributed by atoms with Crippen LogP contribution >= 0.6 is 0 Å². The second kappa shape index (κ2) is 10.5. The number of carbonyl (C=O) groups is 2. The molecule has 1 aliphatic heterocycles. The zero-order valence-electron chi connectivity index (χ0n) is 21.2. The van der Waals surface area contributed by atoms with Crippen LogP contribution < -0.4 is 5.32 Å². The number of nitrogens with one attached hydrogen (secondary N) is 2. The summed E-state index contributed by atoms with van der Waals surface area (Å²) in [6.07, 6.45) is 8.04. The maximum atomic E-state index is 14.0. The van der Waals surface area contributed by atoms with E-state index in [0.717, 1.165) is 53.0 Å². The molecule has 2 fully saturated rings. The van der Waals surface area contributed by atoms with Crippen molar-refractivity contribution in [3.8, 4) is 11.3 Å². The van der Waals surface area contributed by atoms with Gasteiger partial charge in [-0.2, -0.15) is 0 Å². The van der Waals surface area contributed by atoms with E-state index in [0.29, 0.717) is 5.92 Å². The Hall–Kier alpha value is -4.13. The topological polar surface area (TPSA) is 87.3 Å². The summed E-state index contributed by atoms with van der Waals surface area (Å²) in [5.41, 5.74) is 4.85. The van der Waals surface area contributed by atoms with Crippen molar-refractivity contribution in [1.29, 1.82) is 0 Å². The van der Waals surface area contributed by atoms with E-state index in [9.17, 15) is 9.59 Å². The first kappa shape index (κ1) is 24.6. The van der Waals surface area contributed by atoms with Gasteiger partial charge in [0.2, 0.25) is 0 Å². The highest BCUT2D eigenvalue weighted by Crippen LogP contribution is 2.50. The van der Waals surface area contributed by atoms with Crippen LogP contribution in [0.2, 0.25) is 0 Å². The molecule has 4 atom stereocenters. The molecular weight excluding hydrogens is 464 g/mol. The van der Waals surface area contributed by atoms with Gasteiger partial charge < -0.3 is 19.9 Å². The number of imidazole rings is 1. The Labute approximate surface area is 217 Å². The Morgan fingerprint density at radius 1 is 1.16 bits per heavy atom. The van der Waals surface area contributed by atoms with Crippen LogP contribution in [0.1, 0.15) is 55.2 Å². The van der Waals surface area contributed by atoms with Crippen molar-refractivity contribution in [3.63, 3.8) is 0 Å². The Morgan fingerprint density at radius 3 is 2.59 bits per heavy atom. The fourth-order valence-electron chi connectivity index (χ4n) is 5.79. The van der Waals surface area contributed by atoms with E-state index in [1.807, 2.05) is 60.5 Å². The molecule has 1 aromatic heterocycles. The Bertz CT molecular complexity index is 1310. The lowest BCUT2D eigenvalue weighted by molar-refractivity contribution is -0.138. The molecule has 2 aromatic carbocycles. The van der Waals surface area contributed by atoms with E-state index >= 15 is 0 Å². The highest BCUT2D eigenvalue weighted by atomic mass is 16.5. The SMILES string of the molecule is C=CC(=CC)c1ccc(-c2cnc(C3C4CCC(C4)N3C(=O)C(NC(=O)OC)c3ccccc3)[nH]2)cc1. The fraction of sp³-hybridized carbons (Fsp3) is 0.300. The lowest BCUT2D eigenvalue weighted by atomic mass is 9.96. The first-order valence-electron chi connectivity index (χ1n) is 12.7. The molecule has 1 aliphatic carbocycles. The maximum absolute atomic E-state index is 14.0. The molecule has 7 heteroatoms. The predicted molar refractivity (Wildman–Crippen MR) is 143 cm³/mol. The van der Waals surface area contributed by atoms with Crippen molar-refractivity contribution in [3.05, 3.63) is 96.5 Å². The van der Waals surface area contributed by atoms with Crippen LogP contribution in [0.5, 0.6) is 0 Å². The molecule has 0 spiro atoms. The van der Waals surface area contributed by atoms with Crippen molar-refractivity contribution in [2.45, 2.75) is 44.3 Å². The Balaban J connectivity index is 1.43. The lowest BCUT2D eigenvalue weighted by Crippen LogP contribution is -2.47. The molecular formula is C30H32N4O3. The number of aromatic amines is 1. The van der Waals surface area contributed by atoms with Gasteiger partial charge in [-0.3, -0.25) is 4.79 Å². The molecule has 190 valence electrons. The van der Waals surface area contributed by atoms with Crippen LogP contribution in [0.4, 0.5) is 4.79 Å². The average Bonchev–Trinajstić information content (AvgIpc) is 3.69. The number of methoxy groups -OCH3 is 1. The summed E-state index contributed by atoms with van der Waals surface area (Å²) in [6.45, 7) is 5.88. The molecule has 1 saturated heterocycles. The van der Waals surface area contributed by atoms with Crippen molar-refractivity contribution < 1.29 is 14.3 Å². The molecule has 2 aliphatic rings. The van der Waals surface area contributed by atoms with Gasteiger partial charge in [0.25, 0.3) is 5.91 Å². The second-order valence-electron chi connectivity index (χ2n) is 9.60. The van der Waals surface area contributed by atoms with Crippen molar-refractivity contribution in [2.24, 2.45) is 5.92 Å². The van der Waals surface area contributed by atoms with Crippen LogP contribution in [-0.4, -0.2) is 40.0 Å². The van der Waals surface area contributed by atoms with Gasteiger partial charge in [-0.1, -0.05) is 73.3 Å². The van der Waals surface area contributed by atoms with E-state index in [2.05, 4.69) is 41.1 Å². The molecule has 2 bridgehead atoms. The van der Waals surface area contributed by atoms with Crippen molar-refractivity contribution in [1.82, 2.24) is 20.2 Å². The van der Waals surface area contributed by atoms with Gasteiger partial charge in [0.1, 0.15) is 11.9 Å². The molecule has 2 N–H and O–H groups in total. The number of fused-ring (bicyclic) bond motifs is 2. The third kappa shape index (κ3) is 4.69.